The molecule has 0 spiro atoms. The summed E-state index contributed by atoms with van der Waals surface area (Å²) >= 11 is 0. The maximum atomic E-state index is 14.6. The van der Waals surface area contributed by atoms with Crippen LogP contribution in [0.2, 0.25) is 0 Å². The second-order valence-corrected chi connectivity index (χ2v) is 8.43. The van der Waals surface area contributed by atoms with Gasteiger partial charge in [0.15, 0.2) is 0 Å². The van der Waals surface area contributed by atoms with Crippen LogP contribution in [0.5, 0.6) is 5.75 Å². The molecule has 182 valence electrons. The number of para-hydroxylation sites is 1. The van der Waals surface area contributed by atoms with Crippen molar-refractivity contribution in [1.29, 1.82) is 0 Å². The van der Waals surface area contributed by atoms with Crippen molar-refractivity contribution in [2.24, 2.45) is 0 Å². The van der Waals surface area contributed by atoms with Gasteiger partial charge in [0.05, 0.1) is 6.61 Å². The summed E-state index contributed by atoms with van der Waals surface area (Å²) in [5, 5.41) is 0. The minimum atomic E-state index is -0.364. The predicted molar refractivity (Wildman–Crippen MR) is 136 cm³/mol. The summed E-state index contributed by atoms with van der Waals surface area (Å²) < 4.78 is 25.6. The van der Waals surface area contributed by atoms with Gasteiger partial charge in [0.2, 0.25) is 0 Å². The molecule has 0 fully saturated rings. The van der Waals surface area contributed by atoms with Crippen LogP contribution in [0.25, 0.3) is 0 Å². The van der Waals surface area contributed by atoms with Gasteiger partial charge < -0.3 is 14.4 Å². The highest BCUT2D eigenvalue weighted by molar-refractivity contribution is 5.69. The van der Waals surface area contributed by atoms with Crippen LogP contribution in [0.3, 0.4) is 0 Å². The zero-order chi connectivity index (χ0) is 24.3. The Morgan fingerprint density at radius 3 is 2.59 bits per heavy atom. The Morgan fingerprint density at radius 2 is 1.91 bits per heavy atom. The van der Waals surface area contributed by atoms with Crippen LogP contribution in [0.15, 0.2) is 60.2 Å². The number of aryl methyl sites for hydroxylation is 2. The number of carbonyl (C=O) groups is 1. The molecule has 34 heavy (non-hydrogen) atoms. The van der Waals surface area contributed by atoms with E-state index in [0.717, 1.165) is 37.9 Å². The third-order valence-electron chi connectivity index (χ3n) is 6.10. The van der Waals surface area contributed by atoms with Crippen LogP contribution in [-0.4, -0.2) is 25.7 Å². The first-order valence-corrected chi connectivity index (χ1v) is 12.3. The minimum absolute atomic E-state index is 0.164. The summed E-state index contributed by atoms with van der Waals surface area (Å²) in [6.45, 7) is 8.60. The van der Waals surface area contributed by atoms with Crippen molar-refractivity contribution in [2.45, 2.75) is 59.5 Å². The van der Waals surface area contributed by atoms with Gasteiger partial charge in [-0.2, -0.15) is 0 Å². The van der Waals surface area contributed by atoms with Crippen molar-refractivity contribution < 1.29 is 18.7 Å². The Bertz CT molecular complexity index is 1030. The molecule has 3 rings (SSSR count). The van der Waals surface area contributed by atoms with Crippen LogP contribution in [0, 0.1) is 5.82 Å². The summed E-state index contributed by atoms with van der Waals surface area (Å²) in [4.78, 5) is 14.0. The number of benzene rings is 2. The van der Waals surface area contributed by atoms with Crippen LogP contribution in [0.1, 0.15) is 56.7 Å². The van der Waals surface area contributed by atoms with E-state index in [0.29, 0.717) is 30.9 Å². The number of ether oxygens (including phenoxy) is 2. The van der Waals surface area contributed by atoms with E-state index in [4.69, 9.17) is 9.47 Å². The number of rotatable bonds is 12. The number of hydrogen-bond donors (Lipinski definition) is 0. The fraction of sp³-hybridized carbons (Fsp3) is 0.414. The summed E-state index contributed by atoms with van der Waals surface area (Å²) in [5.41, 5.74) is 5.52. The normalized spacial score (nSPS) is 12.9. The van der Waals surface area contributed by atoms with Gasteiger partial charge in [-0.1, -0.05) is 55.0 Å². The Labute approximate surface area is 203 Å². The Kier molecular flexibility index (Phi) is 9.75. The van der Waals surface area contributed by atoms with Gasteiger partial charge in [-0.3, -0.25) is 4.79 Å². The van der Waals surface area contributed by atoms with E-state index in [1.54, 1.807) is 19.1 Å². The first-order valence-electron chi connectivity index (χ1n) is 12.3. The van der Waals surface area contributed by atoms with Crippen LogP contribution >= 0.6 is 0 Å². The van der Waals surface area contributed by atoms with Crippen molar-refractivity contribution in [1.82, 2.24) is 0 Å². The highest BCUT2D eigenvalue weighted by atomic mass is 19.1. The standard InChI is InChI=1S/C29H36FNO3/c1-4-23-13-10-14-25(29(23)31(5-2)20-22-11-8-7-9-12-22)21-34-26-17-15-24(27(30)19-26)16-18-28(32)33-6-3/h7-8,10-11,13-15,17,19H,4-6,9,12,16,18,20-21H2,1-3H3. The number of esters is 1. The fourth-order valence-corrected chi connectivity index (χ4v) is 4.28. The number of halogens is 1. The maximum absolute atomic E-state index is 14.6. The average Bonchev–Trinajstić information content (AvgIpc) is 2.86. The fourth-order valence-electron chi connectivity index (χ4n) is 4.28. The van der Waals surface area contributed by atoms with Crippen LogP contribution in [-0.2, 0) is 29.0 Å². The number of anilines is 1. The average molecular weight is 466 g/mol. The number of likely N-dealkylation sites (N-methyl/N-ethyl adjacent to an activating group) is 1. The molecule has 0 N–H and O–H groups in total. The van der Waals surface area contributed by atoms with E-state index < -0.39 is 0 Å². The van der Waals surface area contributed by atoms with Gasteiger partial charge in [-0.15, -0.1) is 0 Å². The zero-order valence-electron chi connectivity index (χ0n) is 20.6. The van der Waals surface area contributed by atoms with Crippen LogP contribution in [0.4, 0.5) is 10.1 Å². The van der Waals surface area contributed by atoms with E-state index in [-0.39, 0.29) is 18.2 Å². The third-order valence-corrected chi connectivity index (χ3v) is 6.10. The van der Waals surface area contributed by atoms with E-state index in [1.165, 1.54) is 22.9 Å². The van der Waals surface area contributed by atoms with Gasteiger partial charge in [-0.05, 0) is 56.7 Å². The molecule has 0 atom stereocenters. The summed E-state index contributed by atoms with van der Waals surface area (Å²) in [6, 6.07) is 11.2. The lowest BCUT2D eigenvalue weighted by molar-refractivity contribution is -0.143. The van der Waals surface area contributed by atoms with E-state index in [1.807, 2.05) is 0 Å². The van der Waals surface area contributed by atoms with E-state index in [2.05, 4.69) is 55.2 Å². The molecule has 2 aromatic carbocycles. The van der Waals surface area contributed by atoms with Crippen molar-refractivity contribution in [3.05, 3.63) is 82.7 Å². The smallest absolute Gasteiger partial charge is 0.306 e. The van der Waals surface area contributed by atoms with E-state index >= 15 is 0 Å². The Hall–Kier alpha value is -3.08. The topological polar surface area (TPSA) is 38.8 Å². The molecule has 0 unspecified atom stereocenters. The molecular formula is C29H36FNO3. The van der Waals surface area contributed by atoms with Gasteiger partial charge >= 0.3 is 5.97 Å². The third kappa shape index (κ3) is 6.96. The Morgan fingerprint density at radius 1 is 1.09 bits per heavy atom. The highest BCUT2D eigenvalue weighted by Gasteiger charge is 2.17. The quantitative estimate of drug-likeness (QED) is 0.333. The SMILES string of the molecule is CCOC(=O)CCc1ccc(OCc2cccc(CC)c2N(CC)CC2=CC=CCC2)cc1F. The zero-order valence-corrected chi connectivity index (χ0v) is 20.6. The first kappa shape index (κ1) is 25.5. The Balaban J connectivity index is 1.73. The molecule has 0 bridgehead atoms. The summed E-state index contributed by atoms with van der Waals surface area (Å²) in [6.07, 6.45) is 10.2. The number of allylic oxidation sites excluding steroid dienone is 3. The van der Waals surface area contributed by atoms with E-state index in [9.17, 15) is 9.18 Å². The summed E-state index contributed by atoms with van der Waals surface area (Å²) in [7, 11) is 0. The second kappa shape index (κ2) is 13.0. The number of hydrogen-bond acceptors (Lipinski definition) is 4. The van der Waals surface area contributed by atoms with Crippen molar-refractivity contribution in [2.75, 3.05) is 24.6 Å². The molecule has 0 amide bonds. The van der Waals surface area contributed by atoms with Gasteiger partial charge in [0.1, 0.15) is 18.2 Å². The molecule has 0 heterocycles. The maximum Gasteiger partial charge on any atom is 0.306 e. The largest absolute Gasteiger partial charge is 0.489 e. The molecule has 1 aliphatic rings. The van der Waals surface area contributed by atoms with Gasteiger partial charge in [-0.25, -0.2) is 4.39 Å². The number of nitrogens with zero attached hydrogens (tertiary/aromatic N) is 1. The summed E-state index contributed by atoms with van der Waals surface area (Å²) in [5.74, 6) is -0.198. The molecule has 0 radical (unpaired) electrons. The predicted octanol–water partition coefficient (Wildman–Crippen LogP) is 6.57. The first-order chi connectivity index (χ1) is 16.5. The molecule has 2 aromatic rings. The van der Waals surface area contributed by atoms with Gasteiger partial charge in [0.25, 0.3) is 0 Å². The highest BCUT2D eigenvalue weighted by Crippen LogP contribution is 2.30. The molecule has 1 aliphatic carbocycles. The molecule has 4 nitrogen and oxygen atoms in total. The molecule has 5 heteroatoms. The monoisotopic (exact) mass is 465 g/mol. The van der Waals surface area contributed by atoms with Crippen molar-refractivity contribution in [3.63, 3.8) is 0 Å². The minimum Gasteiger partial charge on any atom is -0.489 e. The lowest BCUT2D eigenvalue weighted by atomic mass is 10.0. The van der Waals surface area contributed by atoms with Crippen molar-refractivity contribution >= 4 is 11.7 Å². The number of carbonyl (C=O) groups excluding carboxylic acids is 1. The molecular weight excluding hydrogens is 429 g/mol. The molecule has 0 saturated carbocycles. The van der Waals surface area contributed by atoms with Gasteiger partial charge in [0, 0.05) is 36.8 Å². The molecule has 0 saturated heterocycles. The van der Waals surface area contributed by atoms with Crippen LogP contribution < -0.4 is 9.64 Å². The lowest BCUT2D eigenvalue weighted by Gasteiger charge is -2.30. The molecule has 0 aromatic heterocycles. The molecule has 0 aliphatic heterocycles. The lowest BCUT2D eigenvalue weighted by Crippen LogP contribution is -2.28. The second-order valence-electron chi connectivity index (χ2n) is 8.43. The van der Waals surface area contributed by atoms with Crippen molar-refractivity contribution in [3.8, 4) is 5.75 Å².